The first-order valence-corrected chi connectivity index (χ1v) is 8.39. The Morgan fingerprint density at radius 3 is 2.43 bits per heavy atom. The van der Waals surface area contributed by atoms with Crippen molar-refractivity contribution in [2.45, 2.75) is 0 Å². The summed E-state index contributed by atoms with van der Waals surface area (Å²) in [5, 5.41) is 12.2. The molecule has 4 rings (SSSR count). The van der Waals surface area contributed by atoms with Crippen LogP contribution in [0.25, 0.3) is 11.8 Å². The van der Waals surface area contributed by atoms with E-state index in [0.717, 1.165) is 0 Å². The summed E-state index contributed by atoms with van der Waals surface area (Å²) in [6.07, 6.45) is 3.18. The molecule has 0 radical (unpaired) electrons. The van der Waals surface area contributed by atoms with Crippen molar-refractivity contribution in [3.8, 4) is 5.69 Å². The van der Waals surface area contributed by atoms with Crippen LogP contribution in [0.3, 0.4) is 0 Å². The first kappa shape index (κ1) is 17.2. The monoisotopic (exact) mass is 374 g/mol. The predicted molar refractivity (Wildman–Crippen MR) is 102 cm³/mol. The number of hydrazine groups is 1. The van der Waals surface area contributed by atoms with Crippen molar-refractivity contribution in [2.75, 3.05) is 5.01 Å². The van der Waals surface area contributed by atoms with Crippen LogP contribution < -0.4 is 10.4 Å². The van der Waals surface area contributed by atoms with Crippen LogP contribution in [-0.2, 0) is 9.59 Å². The number of nitrogens with zero attached hydrogens (tertiary/aromatic N) is 3. The molecule has 2 aromatic carbocycles. The highest BCUT2D eigenvalue weighted by molar-refractivity contribution is 6.31. The maximum atomic E-state index is 12.7. The minimum absolute atomic E-state index is 0.0192. The summed E-state index contributed by atoms with van der Waals surface area (Å²) in [7, 11) is 0. The topological polar surface area (TPSA) is 97.5 Å². The summed E-state index contributed by atoms with van der Waals surface area (Å²) in [4.78, 5) is 35.6. The number of nitro benzene ring substituents is 1. The fourth-order valence-corrected chi connectivity index (χ4v) is 2.97. The molecule has 1 aliphatic heterocycles. The van der Waals surface area contributed by atoms with Crippen molar-refractivity contribution in [1.82, 2.24) is 9.99 Å². The fraction of sp³-hybridized carbons (Fsp3) is 0. The van der Waals surface area contributed by atoms with Crippen LogP contribution in [0.1, 0.15) is 5.69 Å². The van der Waals surface area contributed by atoms with Crippen molar-refractivity contribution < 1.29 is 14.5 Å². The summed E-state index contributed by atoms with van der Waals surface area (Å²) in [6.45, 7) is 0. The number of anilines is 1. The van der Waals surface area contributed by atoms with Crippen molar-refractivity contribution in [1.29, 1.82) is 0 Å². The molecular formula is C20H14N4O4. The van der Waals surface area contributed by atoms with Gasteiger partial charge < -0.3 is 4.57 Å². The van der Waals surface area contributed by atoms with E-state index in [1.807, 2.05) is 6.07 Å². The lowest BCUT2D eigenvalue weighted by Crippen LogP contribution is -2.35. The smallest absolute Gasteiger partial charge is 0.282 e. The third kappa shape index (κ3) is 3.03. The highest BCUT2D eigenvalue weighted by atomic mass is 16.6. The number of para-hydroxylation sites is 1. The van der Waals surface area contributed by atoms with Gasteiger partial charge in [-0.15, -0.1) is 0 Å². The molecule has 28 heavy (non-hydrogen) atoms. The quantitative estimate of drug-likeness (QED) is 0.329. The lowest BCUT2D eigenvalue weighted by Gasteiger charge is -2.13. The summed E-state index contributed by atoms with van der Waals surface area (Å²) >= 11 is 0. The van der Waals surface area contributed by atoms with Crippen LogP contribution in [0.15, 0.2) is 78.5 Å². The molecule has 1 N–H and O–H groups in total. The van der Waals surface area contributed by atoms with E-state index in [9.17, 15) is 19.7 Å². The molecule has 3 aromatic rings. The van der Waals surface area contributed by atoms with Gasteiger partial charge in [0.1, 0.15) is 5.57 Å². The van der Waals surface area contributed by atoms with Gasteiger partial charge in [0.15, 0.2) is 0 Å². The third-order valence-corrected chi connectivity index (χ3v) is 4.30. The first-order chi connectivity index (χ1) is 13.5. The largest absolute Gasteiger partial charge is 0.317 e. The van der Waals surface area contributed by atoms with Crippen molar-refractivity contribution in [2.24, 2.45) is 0 Å². The molecule has 0 bridgehead atoms. The fourth-order valence-electron chi connectivity index (χ4n) is 2.97. The second-order valence-electron chi connectivity index (χ2n) is 6.06. The van der Waals surface area contributed by atoms with Crippen LogP contribution in [-0.4, -0.2) is 21.3 Å². The van der Waals surface area contributed by atoms with E-state index in [2.05, 4.69) is 5.43 Å². The van der Waals surface area contributed by atoms with E-state index in [0.29, 0.717) is 17.1 Å². The van der Waals surface area contributed by atoms with Crippen LogP contribution >= 0.6 is 0 Å². The highest BCUT2D eigenvalue weighted by Gasteiger charge is 2.34. The Morgan fingerprint density at radius 2 is 1.68 bits per heavy atom. The molecule has 8 nitrogen and oxygen atoms in total. The van der Waals surface area contributed by atoms with E-state index in [1.54, 1.807) is 59.3 Å². The van der Waals surface area contributed by atoms with Gasteiger partial charge in [-0.2, -0.15) is 0 Å². The van der Waals surface area contributed by atoms with Gasteiger partial charge in [0.2, 0.25) is 0 Å². The lowest BCUT2D eigenvalue weighted by molar-refractivity contribution is -0.384. The molecule has 0 unspecified atom stereocenters. The molecule has 1 aliphatic rings. The van der Waals surface area contributed by atoms with Gasteiger partial charge >= 0.3 is 0 Å². The first-order valence-electron chi connectivity index (χ1n) is 8.39. The number of hydrogen-bond donors (Lipinski definition) is 1. The average molecular weight is 374 g/mol. The Morgan fingerprint density at radius 1 is 0.929 bits per heavy atom. The SMILES string of the molecule is O=C1NN(c2ccccc2)C(=O)/C1=C/c1cccn1-c1cccc([N+](=O)[O-])c1. The molecule has 0 aliphatic carbocycles. The summed E-state index contributed by atoms with van der Waals surface area (Å²) < 4.78 is 1.67. The molecule has 0 spiro atoms. The van der Waals surface area contributed by atoms with Gasteiger partial charge in [0, 0.05) is 24.0 Å². The summed E-state index contributed by atoms with van der Waals surface area (Å²) in [5.41, 5.74) is 4.13. The zero-order valence-electron chi connectivity index (χ0n) is 14.5. The lowest BCUT2D eigenvalue weighted by atomic mass is 10.2. The van der Waals surface area contributed by atoms with Crippen LogP contribution in [0.5, 0.6) is 0 Å². The second-order valence-corrected chi connectivity index (χ2v) is 6.06. The van der Waals surface area contributed by atoms with Gasteiger partial charge in [-0.05, 0) is 36.4 Å². The number of benzene rings is 2. The summed E-state index contributed by atoms with van der Waals surface area (Å²) in [5.74, 6) is -0.983. The third-order valence-electron chi connectivity index (χ3n) is 4.30. The zero-order chi connectivity index (χ0) is 19.7. The minimum Gasteiger partial charge on any atom is -0.317 e. The maximum absolute atomic E-state index is 12.7. The Bertz CT molecular complexity index is 1120. The van der Waals surface area contributed by atoms with E-state index >= 15 is 0 Å². The zero-order valence-corrected chi connectivity index (χ0v) is 14.5. The molecule has 0 atom stereocenters. The molecule has 1 fully saturated rings. The minimum atomic E-state index is -0.513. The molecule has 2 amide bonds. The molecule has 1 saturated heterocycles. The molecular weight excluding hydrogens is 360 g/mol. The standard InChI is InChI=1S/C20H14N4O4/c25-19-18(20(26)23(21-19)14-6-2-1-3-7-14)13-16-10-5-11-22(16)15-8-4-9-17(12-15)24(27)28/h1-13H,(H,21,25)/b18-13+. The molecule has 8 heteroatoms. The van der Waals surface area contributed by atoms with Crippen molar-refractivity contribution in [3.63, 3.8) is 0 Å². The number of nitrogens with one attached hydrogen (secondary N) is 1. The number of carbonyl (C=O) groups is 2. The number of amides is 2. The number of rotatable bonds is 4. The number of aromatic nitrogens is 1. The van der Waals surface area contributed by atoms with Gasteiger partial charge in [-0.25, -0.2) is 5.01 Å². The molecule has 2 heterocycles. The molecule has 138 valence electrons. The van der Waals surface area contributed by atoms with E-state index < -0.39 is 16.7 Å². The van der Waals surface area contributed by atoms with E-state index in [-0.39, 0.29) is 11.3 Å². The summed E-state index contributed by atoms with van der Waals surface area (Å²) in [6, 6.07) is 18.3. The predicted octanol–water partition coefficient (Wildman–Crippen LogP) is 2.85. The Kier molecular flexibility index (Phi) is 4.21. The number of hydrogen-bond acceptors (Lipinski definition) is 4. The van der Waals surface area contributed by atoms with Gasteiger partial charge in [0.25, 0.3) is 17.5 Å². The number of non-ortho nitro benzene ring substituents is 1. The maximum Gasteiger partial charge on any atom is 0.282 e. The average Bonchev–Trinajstić information content (AvgIpc) is 3.29. The Balaban J connectivity index is 1.70. The molecule has 1 aromatic heterocycles. The van der Waals surface area contributed by atoms with Gasteiger partial charge in [0.05, 0.1) is 16.3 Å². The number of carbonyl (C=O) groups excluding carboxylic acids is 2. The molecule has 0 saturated carbocycles. The van der Waals surface area contributed by atoms with Crippen LogP contribution in [0.4, 0.5) is 11.4 Å². The van der Waals surface area contributed by atoms with E-state index in [1.165, 1.54) is 23.2 Å². The second kappa shape index (κ2) is 6.84. The van der Waals surface area contributed by atoms with Crippen molar-refractivity contribution in [3.05, 3.63) is 94.3 Å². The van der Waals surface area contributed by atoms with Crippen LogP contribution in [0, 0.1) is 10.1 Å². The highest BCUT2D eigenvalue weighted by Crippen LogP contribution is 2.23. The van der Waals surface area contributed by atoms with E-state index in [4.69, 9.17) is 0 Å². The Labute approximate surface area is 159 Å². The Hall–Kier alpha value is -4.20. The number of nitro groups is 1. The van der Waals surface area contributed by atoms with Crippen LogP contribution in [0.2, 0.25) is 0 Å². The van der Waals surface area contributed by atoms with Gasteiger partial charge in [-0.3, -0.25) is 25.1 Å². The van der Waals surface area contributed by atoms with Gasteiger partial charge in [-0.1, -0.05) is 24.3 Å². The van der Waals surface area contributed by atoms with Crippen molar-refractivity contribution >= 4 is 29.3 Å². The normalized spacial score (nSPS) is 15.1.